The summed E-state index contributed by atoms with van der Waals surface area (Å²) in [5, 5.41) is 2.21. The van der Waals surface area contributed by atoms with Crippen LogP contribution in [0, 0.1) is 0 Å². The predicted molar refractivity (Wildman–Crippen MR) is 81.0 cm³/mol. The van der Waals surface area contributed by atoms with E-state index in [0.29, 0.717) is 11.3 Å². The Kier molecular flexibility index (Phi) is 4.37. The van der Waals surface area contributed by atoms with E-state index in [2.05, 4.69) is 10.3 Å². The summed E-state index contributed by atoms with van der Waals surface area (Å²) in [6, 6.07) is 9.46. The van der Waals surface area contributed by atoms with Gasteiger partial charge in [-0.3, -0.25) is 9.78 Å². The maximum Gasteiger partial charge on any atom is 0.257 e. The van der Waals surface area contributed by atoms with Crippen LogP contribution in [0.3, 0.4) is 0 Å². The maximum absolute atomic E-state index is 12.0. The lowest BCUT2D eigenvalue weighted by Gasteiger charge is -2.09. The molecule has 0 saturated carbocycles. The zero-order valence-corrected chi connectivity index (χ0v) is 12.6. The molecule has 6 heteroatoms. The van der Waals surface area contributed by atoms with Crippen LogP contribution < -0.4 is 5.32 Å². The van der Waals surface area contributed by atoms with Crippen LogP contribution in [0.1, 0.15) is 24.2 Å². The van der Waals surface area contributed by atoms with Crippen LogP contribution in [-0.2, 0) is 9.84 Å². The van der Waals surface area contributed by atoms with Crippen LogP contribution in [0.4, 0.5) is 5.69 Å². The number of benzene rings is 1. The van der Waals surface area contributed by atoms with Gasteiger partial charge in [-0.05, 0) is 50.2 Å². The van der Waals surface area contributed by atoms with E-state index in [1.807, 2.05) is 0 Å². The highest BCUT2D eigenvalue weighted by atomic mass is 32.2. The predicted octanol–water partition coefficient (Wildman–Crippen LogP) is 2.52. The minimum Gasteiger partial charge on any atom is -0.322 e. The van der Waals surface area contributed by atoms with E-state index in [0.717, 1.165) is 0 Å². The first-order valence-corrected chi connectivity index (χ1v) is 8.01. The first kappa shape index (κ1) is 15.2. The van der Waals surface area contributed by atoms with E-state index < -0.39 is 15.1 Å². The Balaban J connectivity index is 2.16. The minimum absolute atomic E-state index is 0.247. The fourth-order valence-corrected chi connectivity index (χ4v) is 2.76. The van der Waals surface area contributed by atoms with Crippen LogP contribution in [0.2, 0.25) is 0 Å². The van der Waals surface area contributed by atoms with Gasteiger partial charge in [-0.25, -0.2) is 8.42 Å². The zero-order valence-electron chi connectivity index (χ0n) is 11.8. The van der Waals surface area contributed by atoms with Crippen LogP contribution in [0.25, 0.3) is 0 Å². The number of anilines is 1. The van der Waals surface area contributed by atoms with Crippen molar-refractivity contribution in [1.29, 1.82) is 0 Å². The van der Waals surface area contributed by atoms with Crippen molar-refractivity contribution in [2.75, 3.05) is 5.32 Å². The van der Waals surface area contributed by atoms with Gasteiger partial charge >= 0.3 is 0 Å². The van der Waals surface area contributed by atoms with Gasteiger partial charge in [0.25, 0.3) is 5.91 Å². The first-order chi connectivity index (χ1) is 9.91. The summed E-state index contributed by atoms with van der Waals surface area (Å²) in [6.45, 7) is 3.26. The van der Waals surface area contributed by atoms with Crippen molar-refractivity contribution >= 4 is 21.4 Å². The van der Waals surface area contributed by atoms with E-state index in [1.54, 1.807) is 44.3 Å². The zero-order chi connectivity index (χ0) is 15.5. The van der Waals surface area contributed by atoms with Gasteiger partial charge in [0.15, 0.2) is 9.84 Å². The largest absolute Gasteiger partial charge is 0.322 e. The standard InChI is InChI=1S/C15H16N2O3S/c1-11(2)21(19,20)14-7-5-13(6-8-14)17-15(18)12-4-3-9-16-10-12/h3-11H,1-2H3,(H,17,18). The molecule has 2 rings (SSSR count). The van der Waals surface area contributed by atoms with Crippen LogP contribution in [-0.4, -0.2) is 24.6 Å². The number of hydrogen-bond donors (Lipinski definition) is 1. The number of sulfone groups is 1. The molecule has 0 saturated heterocycles. The van der Waals surface area contributed by atoms with Gasteiger partial charge in [-0.1, -0.05) is 0 Å². The number of pyridine rings is 1. The van der Waals surface area contributed by atoms with Crippen molar-refractivity contribution in [3.05, 3.63) is 54.4 Å². The lowest BCUT2D eigenvalue weighted by atomic mass is 10.2. The van der Waals surface area contributed by atoms with Gasteiger partial charge in [0.2, 0.25) is 0 Å². The van der Waals surface area contributed by atoms with Crippen molar-refractivity contribution in [1.82, 2.24) is 4.98 Å². The summed E-state index contributed by atoms with van der Waals surface area (Å²) in [5.41, 5.74) is 0.975. The highest BCUT2D eigenvalue weighted by Gasteiger charge is 2.18. The molecule has 0 bridgehead atoms. The molecule has 0 unspecified atom stereocenters. The third-order valence-corrected chi connectivity index (χ3v) is 5.16. The highest BCUT2D eigenvalue weighted by molar-refractivity contribution is 7.92. The molecule has 1 aromatic heterocycles. The molecule has 1 aromatic carbocycles. The van der Waals surface area contributed by atoms with Crippen LogP contribution >= 0.6 is 0 Å². The van der Waals surface area contributed by atoms with Crippen LogP contribution in [0.5, 0.6) is 0 Å². The van der Waals surface area contributed by atoms with Gasteiger partial charge in [-0.15, -0.1) is 0 Å². The molecule has 110 valence electrons. The Labute approximate surface area is 124 Å². The van der Waals surface area contributed by atoms with Crippen molar-refractivity contribution in [2.24, 2.45) is 0 Å². The SMILES string of the molecule is CC(C)S(=O)(=O)c1ccc(NC(=O)c2cccnc2)cc1. The molecule has 0 aliphatic carbocycles. The van der Waals surface area contributed by atoms with Gasteiger partial charge in [-0.2, -0.15) is 0 Å². The minimum atomic E-state index is -3.30. The number of amides is 1. The van der Waals surface area contributed by atoms with E-state index >= 15 is 0 Å². The molecular weight excluding hydrogens is 288 g/mol. The summed E-state index contributed by atoms with van der Waals surface area (Å²) in [4.78, 5) is 16.1. The Morgan fingerprint density at radius 1 is 1.14 bits per heavy atom. The second kappa shape index (κ2) is 6.05. The molecule has 2 aromatic rings. The van der Waals surface area contributed by atoms with E-state index in [1.165, 1.54) is 18.3 Å². The van der Waals surface area contributed by atoms with Crippen molar-refractivity contribution in [3.8, 4) is 0 Å². The number of nitrogens with one attached hydrogen (secondary N) is 1. The monoisotopic (exact) mass is 304 g/mol. The van der Waals surface area contributed by atoms with E-state index in [4.69, 9.17) is 0 Å². The molecule has 1 heterocycles. The third kappa shape index (κ3) is 3.46. The second-order valence-corrected chi connectivity index (χ2v) is 7.32. The first-order valence-electron chi connectivity index (χ1n) is 6.46. The number of carbonyl (C=O) groups is 1. The molecule has 1 amide bonds. The fourth-order valence-electron chi connectivity index (χ4n) is 1.70. The average Bonchev–Trinajstić information content (AvgIpc) is 2.48. The number of hydrogen-bond acceptors (Lipinski definition) is 4. The Bertz CT molecular complexity index is 723. The molecule has 0 atom stereocenters. The van der Waals surface area contributed by atoms with E-state index in [9.17, 15) is 13.2 Å². The molecular formula is C15H16N2O3S. The summed E-state index contributed by atoms with van der Waals surface area (Å²) in [6.07, 6.45) is 3.05. The smallest absolute Gasteiger partial charge is 0.257 e. The average molecular weight is 304 g/mol. The molecule has 21 heavy (non-hydrogen) atoms. The summed E-state index contributed by atoms with van der Waals surface area (Å²) < 4.78 is 24.0. The van der Waals surface area contributed by atoms with E-state index in [-0.39, 0.29) is 10.8 Å². The normalized spacial score (nSPS) is 11.4. The quantitative estimate of drug-likeness (QED) is 0.941. The summed E-state index contributed by atoms with van der Waals surface area (Å²) in [5.74, 6) is -0.289. The molecule has 1 N–H and O–H groups in total. The summed E-state index contributed by atoms with van der Waals surface area (Å²) >= 11 is 0. The number of carbonyl (C=O) groups excluding carboxylic acids is 1. The molecule has 0 radical (unpaired) electrons. The third-order valence-electron chi connectivity index (χ3n) is 2.99. The van der Waals surface area contributed by atoms with Gasteiger partial charge in [0.1, 0.15) is 0 Å². The Morgan fingerprint density at radius 3 is 2.33 bits per heavy atom. The fraction of sp³-hybridized carbons (Fsp3) is 0.200. The van der Waals surface area contributed by atoms with Crippen molar-refractivity contribution in [3.63, 3.8) is 0 Å². The Morgan fingerprint density at radius 2 is 1.81 bits per heavy atom. The molecule has 0 spiro atoms. The lowest BCUT2D eigenvalue weighted by molar-refractivity contribution is 0.102. The number of rotatable bonds is 4. The van der Waals surface area contributed by atoms with Crippen molar-refractivity contribution < 1.29 is 13.2 Å². The van der Waals surface area contributed by atoms with Crippen molar-refractivity contribution in [2.45, 2.75) is 24.0 Å². The maximum atomic E-state index is 12.0. The number of aromatic nitrogens is 1. The van der Waals surface area contributed by atoms with Gasteiger partial charge in [0, 0.05) is 18.1 Å². The van der Waals surface area contributed by atoms with Gasteiger partial charge in [0.05, 0.1) is 15.7 Å². The molecule has 0 aliphatic rings. The summed E-state index contributed by atoms with van der Waals surface area (Å²) in [7, 11) is -3.30. The molecule has 0 aliphatic heterocycles. The lowest BCUT2D eigenvalue weighted by Crippen LogP contribution is -2.15. The van der Waals surface area contributed by atoms with Crippen LogP contribution in [0.15, 0.2) is 53.7 Å². The Hall–Kier alpha value is -2.21. The second-order valence-electron chi connectivity index (χ2n) is 4.81. The van der Waals surface area contributed by atoms with Gasteiger partial charge < -0.3 is 5.32 Å². The highest BCUT2D eigenvalue weighted by Crippen LogP contribution is 2.18. The number of nitrogens with zero attached hydrogens (tertiary/aromatic N) is 1. The topological polar surface area (TPSA) is 76.1 Å². The molecule has 5 nitrogen and oxygen atoms in total. The molecule has 0 fully saturated rings.